The van der Waals surface area contributed by atoms with E-state index in [4.69, 9.17) is 0 Å². The molecule has 17 heavy (non-hydrogen) atoms. The van der Waals surface area contributed by atoms with Crippen LogP contribution in [0, 0.1) is 17.0 Å². The third-order valence-electron chi connectivity index (χ3n) is 2.46. The highest BCUT2D eigenvalue weighted by Gasteiger charge is 2.12. The third-order valence-corrected chi connectivity index (χ3v) is 2.46. The summed E-state index contributed by atoms with van der Waals surface area (Å²) in [5.74, 6) is 0. The van der Waals surface area contributed by atoms with Crippen LogP contribution < -0.4 is 5.32 Å². The molecule has 1 N–H and O–H groups in total. The topological polar surface area (TPSA) is 68.1 Å². The molecular formula is C12H11N3O2. The van der Waals surface area contributed by atoms with Gasteiger partial charge in [-0.3, -0.25) is 15.1 Å². The number of nitro benzene ring substituents is 1. The molecule has 5 heteroatoms. The maximum Gasteiger partial charge on any atom is 0.274 e. The lowest BCUT2D eigenvalue weighted by atomic mass is 10.1. The molecule has 86 valence electrons. The Morgan fingerprint density at radius 3 is 2.59 bits per heavy atom. The van der Waals surface area contributed by atoms with E-state index in [-0.39, 0.29) is 10.6 Å². The number of nitro groups is 1. The Morgan fingerprint density at radius 2 is 1.94 bits per heavy atom. The van der Waals surface area contributed by atoms with Gasteiger partial charge in [-0.1, -0.05) is 6.07 Å². The van der Waals surface area contributed by atoms with Gasteiger partial charge in [0.2, 0.25) is 0 Å². The van der Waals surface area contributed by atoms with Gasteiger partial charge >= 0.3 is 0 Å². The van der Waals surface area contributed by atoms with Crippen LogP contribution in [0.25, 0.3) is 0 Å². The summed E-state index contributed by atoms with van der Waals surface area (Å²) >= 11 is 0. The minimum absolute atomic E-state index is 0.115. The fraction of sp³-hybridized carbons (Fsp3) is 0.0833. The van der Waals surface area contributed by atoms with Crippen LogP contribution in [0.5, 0.6) is 0 Å². The zero-order valence-electron chi connectivity index (χ0n) is 9.25. The number of nitrogens with one attached hydrogen (secondary N) is 1. The van der Waals surface area contributed by atoms with Crippen molar-refractivity contribution in [2.24, 2.45) is 0 Å². The van der Waals surface area contributed by atoms with E-state index in [1.54, 1.807) is 37.5 Å². The minimum Gasteiger partial charge on any atom is -0.355 e. The van der Waals surface area contributed by atoms with Crippen molar-refractivity contribution < 1.29 is 4.92 Å². The molecule has 0 saturated carbocycles. The first-order valence-corrected chi connectivity index (χ1v) is 5.09. The lowest BCUT2D eigenvalue weighted by Gasteiger charge is -2.09. The van der Waals surface area contributed by atoms with E-state index in [0.29, 0.717) is 5.56 Å². The molecule has 0 spiro atoms. The first kappa shape index (κ1) is 11.1. The molecule has 0 unspecified atom stereocenters. The van der Waals surface area contributed by atoms with Crippen molar-refractivity contribution in [3.8, 4) is 0 Å². The Hall–Kier alpha value is -2.43. The molecule has 0 amide bonds. The average Bonchev–Trinajstić information content (AvgIpc) is 2.33. The molecule has 0 aliphatic rings. The lowest BCUT2D eigenvalue weighted by Crippen LogP contribution is -1.97. The Balaban J connectivity index is 2.34. The van der Waals surface area contributed by atoms with Gasteiger partial charge in [-0.15, -0.1) is 0 Å². The average molecular weight is 229 g/mol. The van der Waals surface area contributed by atoms with E-state index < -0.39 is 0 Å². The molecule has 0 aliphatic carbocycles. The quantitative estimate of drug-likeness (QED) is 0.648. The molecule has 0 aliphatic heterocycles. The summed E-state index contributed by atoms with van der Waals surface area (Å²) in [4.78, 5) is 14.3. The standard InChI is InChI=1S/C12H11N3O2/c1-9-11(3-2-4-12(9)15(16)17)14-10-5-7-13-8-6-10/h2-8H,1H3,(H,13,14). The summed E-state index contributed by atoms with van der Waals surface area (Å²) in [7, 11) is 0. The molecule has 0 atom stereocenters. The molecule has 1 aromatic carbocycles. The summed E-state index contributed by atoms with van der Waals surface area (Å²) in [6, 6.07) is 8.57. The molecule has 5 nitrogen and oxygen atoms in total. The number of rotatable bonds is 3. The van der Waals surface area contributed by atoms with Gasteiger partial charge in [0.05, 0.1) is 10.5 Å². The van der Waals surface area contributed by atoms with Crippen LogP contribution in [0.15, 0.2) is 42.7 Å². The van der Waals surface area contributed by atoms with Gasteiger partial charge in [0.15, 0.2) is 0 Å². The van der Waals surface area contributed by atoms with Gasteiger partial charge in [0.1, 0.15) is 0 Å². The number of anilines is 2. The van der Waals surface area contributed by atoms with Crippen LogP contribution in [0.4, 0.5) is 17.1 Å². The van der Waals surface area contributed by atoms with Gasteiger partial charge in [0, 0.05) is 29.8 Å². The summed E-state index contributed by atoms with van der Waals surface area (Å²) in [5.41, 5.74) is 2.31. The molecule has 2 rings (SSSR count). The van der Waals surface area contributed by atoms with Crippen molar-refractivity contribution in [3.05, 3.63) is 58.4 Å². The Morgan fingerprint density at radius 1 is 1.24 bits per heavy atom. The predicted octanol–water partition coefficient (Wildman–Crippen LogP) is 3.04. The molecular weight excluding hydrogens is 218 g/mol. The Labute approximate surface area is 98.3 Å². The van der Waals surface area contributed by atoms with E-state index in [9.17, 15) is 10.1 Å². The number of pyridine rings is 1. The second-order valence-electron chi connectivity index (χ2n) is 3.57. The Bertz CT molecular complexity index is 541. The molecule has 1 heterocycles. The summed E-state index contributed by atoms with van der Waals surface area (Å²) in [6.07, 6.45) is 3.32. The van der Waals surface area contributed by atoms with Crippen molar-refractivity contribution in [2.45, 2.75) is 6.92 Å². The zero-order valence-corrected chi connectivity index (χ0v) is 9.25. The van der Waals surface area contributed by atoms with Crippen molar-refractivity contribution >= 4 is 17.1 Å². The Kier molecular flexibility index (Phi) is 3.00. The first-order valence-electron chi connectivity index (χ1n) is 5.09. The van der Waals surface area contributed by atoms with E-state index >= 15 is 0 Å². The van der Waals surface area contributed by atoms with Gasteiger partial charge in [-0.05, 0) is 25.1 Å². The van der Waals surface area contributed by atoms with Gasteiger partial charge < -0.3 is 5.32 Å². The molecule has 0 saturated heterocycles. The van der Waals surface area contributed by atoms with Crippen molar-refractivity contribution in [1.29, 1.82) is 0 Å². The second-order valence-corrected chi connectivity index (χ2v) is 3.57. The van der Waals surface area contributed by atoms with Crippen molar-refractivity contribution in [1.82, 2.24) is 4.98 Å². The highest BCUT2D eigenvalue weighted by molar-refractivity contribution is 5.67. The monoisotopic (exact) mass is 229 g/mol. The van der Waals surface area contributed by atoms with Crippen LogP contribution in [-0.4, -0.2) is 9.91 Å². The number of hydrogen-bond donors (Lipinski definition) is 1. The second kappa shape index (κ2) is 4.61. The van der Waals surface area contributed by atoms with Crippen molar-refractivity contribution in [3.63, 3.8) is 0 Å². The van der Waals surface area contributed by atoms with Gasteiger partial charge in [-0.2, -0.15) is 0 Å². The normalized spacial score (nSPS) is 9.94. The fourth-order valence-corrected chi connectivity index (χ4v) is 1.55. The maximum absolute atomic E-state index is 10.8. The molecule has 1 aromatic heterocycles. The molecule has 0 bridgehead atoms. The summed E-state index contributed by atoms with van der Waals surface area (Å²) in [6.45, 7) is 1.72. The smallest absolute Gasteiger partial charge is 0.274 e. The van der Waals surface area contributed by atoms with E-state index in [1.165, 1.54) is 6.07 Å². The van der Waals surface area contributed by atoms with E-state index in [2.05, 4.69) is 10.3 Å². The van der Waals surface area contributed by atoms with Gasteiger partial charge in [-0.25, -0.2) is 0 Å². The van der Waals surface area contributed by atoms with E-state index in [0.717, 1.165) is 11.4 Å². The molecule has 0 radical (unpaired) electrons. The van der Waals surface area contributed by atoms with Crippen LogP contribution in [0.3, 0.4) is 0 Å². The minimum atomic E-state index is -0.382. The lowest BCUT2D eigenvalue weighted by molar-refractivity contribution is -0.385. The number of nitrogens with zero attached hydrogens (tertiary/aromatic N) is 2. The summed E-state index contributed by atoms with van der Waals surface area (Å²) in [5, 5.41) is 13.9. The van der Waals surface area contributed by atoms with Crippen LogP contribution in [-0.2, 0) is 0 Å². The fourth-order valence-electron chi connectivity index (χ4n) is 1.55. The maximum atomic E-state index is 10.8. The van der Waals surface area contributed by atoms with Crippen LogP contribution >= 0.6 is 0 Å². The molecule has 0 fully saturated rings. The third kappa shape index (κ3) is 2.39. The highest BCUT2D eigenvalue weighted by atomic mass is 16.6. The number of hydrogen-bond acceptors (Lipinski definition) is 4. The number of benzene rings is 1. The molecule has 2 aromatic rings. The zero-order chi connectivity index (χ0) is 12.3. The predicted molar refractivity (Wildman–Crippen MR) is 65.4 cm³/mol. The van der Waals surface area contributed by atoms with Gasteiger partial charge in [0.25, 0.3) is 5.69 Å². The van der Waals surface area contributed by atoms with E-state index in [1.807, 2.05) is 6.07 Å². The van der Waals surface area contributed by atoms with Crippen molar-refractivity contribution in [2.75, 3.05) is 5.32 Å². The van der Waals surface area contributed by atoms with Crippen LogP contribution in [0.1, 0.15) is 5.56 Å². The number of aromatic nitrogens is 1. The summed E-state index contributed by atoms with van der Waals surface area (Å²) < 4.78 is 0. The van der Waals surface area contributed by atoms with Crippen LogP contribution in [0.2, 0.25) is 0 Å². The largest absolute Gasteiger partial charge is 0.355 e. The highest BCUT2D eigenvalue weighted by Crippen LogP contribution is 2.27. The SMILES string of the molecule is Cc1c(Nc2ccncc2)cccc1[N+](=O)[O-]. The first-order chi connectivity index (χ1) is 8.18.